The largest absolute Gasteiger partial charge is 0.329 e. The molecule has 3 nitrogen and oxygen atoms in total. The van der Waals surface area contributed by atoms with Crippen molar-refractivity contribution >= 4 is 5.91 Å². The molecular weight excluding hydrogens is 154 g/mol. The van der Waals surface area contributed by atoms with E-state index in [0.717, 1.165) is 4.90 Å². The Morgan fingerprint density at radius 3 is 2.36 bits per heavy atom. The average molecular weight is 164 g/mol. The van der Waals surface area contributed by atoms with Gasteiger partial charge < -0.3 is 10.6 Å². The molecule has 1 heterocycles. The average Bonchev–Trinajstić information content (AvgIpc) is 1.80. The number of hydrogen-bond donors (Lipinski definition) is 1. The van der Waals surface area contributed by atoms with E-state index in [1.807, 2.05) is 0 Å². The summed E-state index contributed by atoms with van der Waals surface area (Å²) in [5.41, 5.74) is 5.20. The van der Waals surface area contributed by atoms with Crippen molar-refractivity contribution in [1.29, 1.82) is 0 Å². The summed E-state index contributed by atoms with van der Waals surface area (Å²) in [6.07, 6.45) is 0. The Morgan fingerprint density at radius 2 is 2.09 bits per heavy atom. The number of amides is 1. The molecule has 1 amide bonds. The van der Waals surface area contributed by atoms with E-state index in [1.54, 1.807) is 0 Å². The van der Waals surface area contributed by atoms with Crippen LogP contribution in [0.2, 0.25) is 0 Å². The van der Waals surface area contributed by atoms with Gasteiger partial charge in [0.1, 0.15) is 0 Å². The zero-order chi connectivity index (χ0) is 8.65. The first-order chi connectivity index (χ1) is 4.92. The lowest BCUT2D eigenvalue weighted by Gasteiger charge is -2.39. The van der Waals surface area contributed by atoms with Gasteiger partial charge in [-0.2, -0.15) is 0 Å². The van der Waals surface area contributed by atoms with Gasteiger partial charge in [-0.1, -0.05) is 0 Å². The molecule has 0 aromatic carbocycles. The van der Waals surface area contributed by atoms with Crippen molar-refractivity contribution in [3.63, 3.8) is 0 Å². The van der Waals surface area contributed by atoms with Gasteiger partial charge in [0.25, 0.3) is 5.92 Å². The van der Waals surface area contributed by atoms with Gasteiger partial charge in [0.05, 0.1) is 19.1 Å². The lowest BCUT2D eigenvalue weighted by Crippen LogP contribution is -2.61. The van der Waals surface area contributed by atoms with E-state index in [0.29, 0.717) is 0 Å². The van der Waals surface area contributed by atoms with E-state index in [9.17, 15) is 13.6 Å². The Bertz CT molecular complexity index is 173. The minimum Gasteiger partial charge on any atom is -0.329 e. The molecule has 1 saturated heterocycles. The number of carbonyl (C=O) groups excluding carboxylic acids is 1. The smallest absolute Gasteiger partial charge is 0.282 e. The van der Waals surface area contributed by atoms with E-state index in [2.05, 4.69) is 0 Å². The molecule has 0 aromatic rings. The van der Waals surface area contributed by atoms with Crippen LogP contribution in [0.5, 0.6) is 0 Å². The van der Waals surface area contributed by atoms with Crippen LogP contribution in [0.4, 0.5) is 8.78 Å². The third-order valence-corrected chi connectivity index (χ3v) is 1.55. The zero-order valence-electron chi connectivity index (χ0n) is 6.18. The highest BCUT2D eigenvalue weighted by molar-refractivity contribution is 5.82. The summed E-state index contributed by atoms with van der Waals surface area (Å²) < 4.78 is 24.4. The lowest BCUT2D eigenvalue weighted by molar-refractivity contribution is -0.166. The summed E-state index contributed by atoms with van der Waals surface area (Å²) in [6, 6.07) is -0.675. The summed E-state index contributed by atoms with van der Waals surface area (Å²) >= 11 is 0. The molecule has 1 fully saturated rings. The van der Waals surface area contributed by atoms with Crippen LogP contribution in [0.25, 0.3) is 0 Å². The number of rotatable bonds is 1. The molecule has 0 aliphatic carbocycles. The second kappa shape index (κ2) is 2.41. The molecule has 1 atom stereocenters. The molecule has 0 aromatic heterocycles. The van der Waals surface area contributed by atoms with Crippen LogP contribution in [0, 0.1) is 0 Å². The first-order valence-corrected chi connectivity index (χ1v) is 3.34. The third kappa shape index (κ3) is 1.65. The van der Waals surface area contributed by atoms with Crippen LogP contribution in [0.3, 0.4) is 0 Å². The molecule has 1 aliphatic heterocycles. The van der Waals surface area contributed by atoms with Crippen molar-refractivity contribution < 1.29 is 13.6 Å². The van der Waals surface area contributed by atoms with E-state index in [-0.39, 0.29) is 0 Å². The van der Waals surface area contributed by atoms with Gasteiger partial charge in [0.2, 0.25) is 5.91 Å². The molecule has 64 valence electrons. The first kappa shape index (κ1) is 8.39. The highest BCUT2D eigenvalue weighted by atomic mass is 19.3. The summed E-state index contributed by atoms with van der Waals surface area (Å²) in [4.78, 5) is 11.9. The van der Waals surface area contributed by atoms with Gasteiger partial charge in [-0.3, -0.25) is 4.79 Å². The molecular formula is C6H10F2N2O. The van der Waals surface area contributed by atoms with Gasteiger partial charge in [-0.25, -0.2) is 8.78 Å². The van der Waals surface area contributed by atoms with Crippen molar-refractivity contribution in [3.8, 4) is 0 Å². The molecule has 1 aliphatic rings. The Kier molecular flexibility index (Phi) is 1.83. The van der Waals surface area contributed by atoms with E-state index < -0.39 is 31.0 Å². The fourth-order valence-corrected chi connectivity index (χ4v) is 0.956. The molecule has 1 rings (SSSR count). The van der Waals surface area contributed by atoms with Gasteiger partial charge in [0, 0.05) is 0 Å². The number of nitrogens with two attached hydrogens (primary N) is 1. The van der Waals surface area contributed by atoms with Crippen LogP contribution in [0.1, 0.15) is 6.92 Å². The van der Waals surface area contributed by atoms with Crippen LogP contribution in [0.15, 0.2) is 0 Å². The van der Waals surface area contributed by atoms with Crippen LogP contribution in [-0.2, 0) is 4.79 Å². The first-order valence-electron chi connectivity index (χ1n) is 3.34. The maximum absolute atomic E-state index is 12.2. The van der Waals surface area contributed by atoms with Gasteiger partial charge in [-0.05, 0) is 6.92 Å². The van der Waals surface area contributed by atoms with Crippen molar-refractivity contribution in [2.24, 2.45) is 5.73 Å². The van der Waals surface area contributed by atoms with Crippen LogP contribution < -0.4 is 5.73 Å². The Labute approximate surface area is 63.2 Å². The number of carbonyl (C=O) groups is 1. The highest BCUT2D eigenvalue weighted by Crippen LogP contribution is 2.26. The number of alkyl halides is 2. The Morgan fingerprint density at radius 1 is 1.64 bits per heavy atom. The van der Waals surface area contributed by atoms with Crippen molar-refractivity contribution in [2.75, 3.05) is 13.1 Å². The Balaban J connectivity index is 2.38. The quantitative estimate of drug-likeness (QED) is 0.584. The van der Waals surface area contributed by atoms with Crippen LogP contribution in [-0.4, -0.2) is 35.9 Å². The predicted octanol–water partition coefficient (Wildman–Crippen LogP) is -0.189. The summed E-state index contributed by atoms with van der Waals surface area (Å²) in [6.45, 7) is 0.527. The van der Waals surface area contributed by atoms with Gasteiger partial charge in [0.15, 0.2) is 0 Å². The van der Waals surface area contributed by atoms with Crippen molar-refractivity contribution in [1.82, 2.24) is 4.90 Å². The number of hydrogen-bond acceptors (Lipinski definition) is 2. The topological polar surface area (TPSA) is 46.3 Å². The van der Waals surface area contributed by atoms with Crippen molar-refractivity contribution in [2.45, 2.75) is 18.9 Å². The second-order valence-corrected chi connectivity index (χ2v) is 2.84. The molecule has 2 N–H and O–H groups in total. The normalized spacial score (nSPS) is 24.2. The van der Waals surface area contributed by atoms with Gasteiger partial charge >= 0.3 is 0 Å². The van der Waals surface area contributed by atoms with E-state index in [4.69, 9.17) is 5.73 Å². The molecule has 11 heavy (non-hydrogen) atoms. The molecule has 0 saturated carbocycles. The third-order valence-electron chi connectivity index (χ3n) is 1.55. The summed E-state index contributed by atoms with van der Waals surface area (Å²) in [5.74, 6) is -3.10. The minimum absolute atomic E-state index is 0.407. The molecule has 0 bridgehead atoms. The van der Waals surface area contributed by atoms with Crippen molar-refractivity contribution in [3.05, 3.63) is 0 Å². The zero-order valence-corrected chi connectivity index (χ0v) is 6.18. The maximum atomic E-state index is 12.2. The molecule has 0 radical (unpaired) electrons. The molecule has 5 heteroatoms. The standard InChI is InChI=1S/C6H10F2N2O/c1-4(9)5(11)10-2-6(7,8)3-10/h4H,2-3,9H2,1H3/t4-/m1/s1. The van der Waals surface area contributed by atoms with Gasteiger partial charge in [-0.15, -0.1) is 0 Å². The summed E-state index contributed by atoms with van der Waals surface area (Å²) in [5, 5.41) is 0. The monoisotopic (exact) mass is 164 g/mol. The minimum atomic E-state index is -2.69. The fourth-order valence-electron chi connectivity index (χ4n) is 0.956. The molecule has 0 spiro atoms. The second-order valence-electron chi connectivity index (χ2n) is 2.84. The van der Waals surface area contributed by atoms with E-state index >= 15 is 0 Å². The number of halogens is 2. The predicted molar refractivity (Wildman–Crippen MR) is 35.2 cm³/mol. The SMILES string of the molecule is C[C@@H](N)C(=O)N1CC(F)(F)C1. The molecule has 0 unspecified atom stereocenters. The van der Waals surface area contributed by atoms with E-state index in [1.165, 1.54) is 6.92 Å². The Hall–Kier alpha value is -0.710. The van der Waals surface area contributed by atoms with Crippen LogP contribution >= 0.6 is 0 Å². The number of nitrogens with zero attached hydrogens (tertiary/aromatic N) is 1. The maximum Gasteiger partial charge on any atom is 0.282 e. The fraction of sp³-hybridized carbons (Fsp3) is 0.833. The number of likely N-dealkylation sites (tertiary alicyclic amines) is 1. The lowest BCUT2D eigenvalue weighted by atomic mass is 10.1. The summed E-state index contributed by atoms with van der Waals surface area (Å²) in [7, 11) is 0. The highest BCUT2D eigenvalue weighted by Gasteiger charge is 2.46.